The molecular weight excluding hydrogens is 280 g/mol. The predicted octanol–water partition coefficient (Wildman–Crippen LogP) is 3.62. The highest BCUT2D eigenvalue weighted by Gasteiger charge is 2.02. The zero-order chi connectivity index (χ0) is 15.9. The molecule has 5 nitrogen and oxygen atoms in total. The largest absolute Gasteiger partial charge is 0.491 e. The third-order valence-electron chi connectivity index (χ3n) is 2.77. The number of aromatic carboxylic acids is 1. The molecule has 2 aromatic rings. The summed E-state index contributed by atoms with van der Waals surface area (Å²) >= 11 is 0. The van der Waals surface area contributed by atoms with E-state index in [1.807, 2.05) is 38.1 Å². The average Bonchev–Trinajstić information content (AvgIpc) is 2.49. The van der Waals surface area contributed by atoms with Gasteiger partial charge in [0.25, 0.3) is 0 Å². The molecule has 2 N–H and O–H groups in total. The summed E-state index contributed by atoms with van der Waals surface area (Å²) in [5.41, 5.74) is 4.56. The van der Waals surface area contributed by atoms with Crippen LogP contribution >= 0.6 is 0 Å². The number of carbonyl (C=O) groups is 1. The first kappa shape index (κ1) is 15.6. The number of hydrogen-bond acceptors (Lipinski definition) is 4. The molecule has 0 aliphatic heterocycles. The third-order valence-corrected chi connectivity index (χ3v) is 2.77. The van der Waals surface area contributed by atoms with Crippen molar-refractivity contribution in [3.05, 3.63) is 59.7 Å². The number of anilines is 1. The van der Waals surface area contributed by atoms with E-state index in [9.17, 15) is 4.79 Å². The van der Waals surface area contributed by atoms with E-state index < -0.39 is 5.97 Å². The summed E-state index contributed by atoms with van der Waals surface area (Å²) < 4.78 is 5.56. The van der Waals surface area contributed by atoms with Gasteiger partial charge in [-0.05, 0) is 61.9 Å². The first-order valence-electron chi connectivity index (χ1n) is 6.94. The summed E-state index contributed by atoms with van der Waals surface area (Å²) in [4.78, 5) is 10.9. The molecule has 0 saturated heterocycles. The van der Waals surface area contributed by atoms with Gasteiger partial charge >= 0.3 is 5.97 Å². The van der Waals surface area contributed by atoms with Crippen molar-refractivity contribution in [2.24, 2.45) is 5.10 Å². The Labute approximate surface area is 129 Å². The van der Waals surface area contributed by atoms with Crippen molar-refractivity contribution >= 4 is 17.9 Å². The Kier molecular flexibility index (Phi) is 5.14. The maximum absolute atomic E-state index is 10.9. The minimum atomic E-state index is -0.964. The Morgan fingerprint density at radius 3 is 2.59 bits per heavy atom. The van der Waals surface area contributed by atoms with Crippen molar-refractivity contribution < 1.29 is 14.6 Å². The van der Waals surface area contributed by atoms with E-state index in [0.29, 0.717) is 5.69 Å². The molecule has 0 saturated carbocycles. The average molecular weight is 298 g/mol. The minimum absolute atomic E-state index is 0.141. The van der Waals surface area contributed by atoms with Crippen LogP contribution in [-0.2, 0) is 0 Å². The molecule has 2 rings (SSSR count). The lowest BCUT2D eigenvalue weighted by atomic mass is 10.2. The maximum atomic E-state index is 10.9. The monoisotopic (exact) mass is 298 g/mol. The minimum Gasteiger partial charge on any atom is -0.491 e. The zero-order valence-corrected chi connectivity index (χ0v) is 12.5. The summed E-state index contributed by atoms with van der Waals surface area (Å²) in [5, 5.41) is 13.0. The van der Waals surface area contributed by atoms with Gasteiger partial charge in [-0.25, -0.2) is 4.79 Å². The molecule has 0 amide bonds. The van der Waals surface area contributed by atoms with Crippen LogP contribution in [0.4, 0.5) is 5.69 Å². The number of hydrogen-bond donors (Lipinski definition) is 2. The van der Waals surface area contributed by atoms with Gasteiger partial charge in [-0.3, -0.25) is 5.43 Å². The number of nitrogens with zero attached hydrogens (tertiary/aromatic N) is 1. The molecule has 0 atom stereocenters. The Balaban J connectivity index is 1.97. The first-order valence-corrected chi connectivity index (χ1v) is 6.94. The molecule has 0 fully saturated rings. The van der Waals surface area contributed by atoms with Crippen molar-refractivity contribution in [1.82, 2.24) is 0 Å². The highest BCUT2D eigenvalue weighted by Crippen LogP contribution is 2.13. The third kappa shape index (κ3) is 4.63. The van der Waals surface area contributed by atoms with Gasteiger partial charge in [0.05, 0.1) is 23.6 Å². The van der Waals surface area contributed by atoms with Crippen molar-refractivity contribution in [2.45, 2.75) is 20.0 Å². The van der Waals surface area contributed by atoms with Crippen LogP contribution in [0.3, 0.4) is 0 Å². The molecule has 0 radical (unpaired) electrons. The van der Waals surface area contributed by atoms with E-state index >= 15 is 0 Å². The molecule has 2 aromatic carbocycles. The number of rotatable bonds is 6. The summed E-state index contributed by atoms with van der Waals surface area (Å²) in [6, 6.07) is 14.0. The number of nitrogens with one attached hydrogen (secondary N) is 1. The molecule has 0 spiro atoms. The number of hydrazone groups is 1. The molecule has 114 valence electrons. The van der Waals surface area contributed by atoms with Crippen LogP contribution in [0.15, 0.2) is 53.6 Å². The van der Waals surface area contributed by atoms with E-state index in [1.54, 1.807) is 18.3 Å². The van der Waals surface area contributed by atoms with E-state index in [-0.39, 0.29) is 11.7 Å². The Morgan fingerprint density at radius 1 is 1.23 bits per heavy atom. The van der Waals surface area contributed by atoms with E-state index in [1.165, 1.54) is 12.1 Å². The van der Waals surface area contributed by atoms with Crippen LogP contribution in [-0.4, -0.2) is 23.4 Å². The van der Waals surface area contributed by atoms with Crippen LogP contribution < -0.4 is 10.2 Å². The lowest BCUT2D eigenvalue weighted by Gasteiger charge is -2.09. The first-order chi connectivity index (χ1) is 10.5. The van der Waals surface area contributed by atoms with Gasteiger partial charge in [-0.2, -0.15) is 5.10 Å². The summed E-state index contributed by atoms with van der Waals surface area (Å²) in [5.74, 6) is -0.150. The van der Waals surface area contributed by atoms with Crippen molar-refractivity contribution in [1.29, 1.82) is 0 Å². The number of benzene rings is 2. The van der Waals surface area contributed by atoms with Gasteiger partial charge in [0, 0.05) is 0 Å². The fourth-order valence-electron chi connectivity index (χ4n) is 1.81. The molecule has 0 bridgehead atoms. The smallest absolute Gasteiger partial charge is 0.335 e. The molecule has 22 heavy (non-hydrogen) atoms. The molecule has 0 unspecified atom stereocenters. The molecule has 0 heterocycles. The van der Waals surface area contributed by atoms with Crippen LogP contribution in [0.5, 0.6) is 5.75 Å². The van der Waals surface area contributed by atoms with Gasteiger partial charge in [0.15, 0.2) is 0 Å². The molecular formula is C17H18N2O3. The van der Waals surface area contributed by atoms with Gasteiger partial charge in [-0.1, -0.05) is 6.07 Å². The molecule has 0 aliphatic carbocycles. The van der Waals surface area contributed by atoms with Gasteiger partial charge in [0.2, 0.25) is 0 Å². The Morgan fingerprint density at radius 2 is 1.95 bits per heavy atom. The Bertz CT molecular complexity index is 664. The predicted molar refractivity (Wildman–Crippen MR) is 86.8 cm³/mol. The Hall–Kier alpha value is -2.82. The summed E-state index contributed by atoms with van der Waals surface area (Å²) in [7, 11) is 0. The SMILES string of the molecule is CC(C)Oc1ccc(C=NNc2cccc(C(=O)O)c2)cc1. The van der Waals surface area contributed by atoms with Crippen molar-refractivity contribution in [2.75, 3.05) is 5.43 Å². The summed E-state index contributed by atoms with van der Waals surface area (Å²) in [6.07, 6.45) is 1.80. The van der Waals surface area contributed by atoms with Crippen LogP contribution in [0.2, 0.25) is 0 Å². The maximum Gasteiger partial charge on any atom is 0.335 e. The number of ether oxygens (including phenoxy) is 1. The number of carboxylic acids is 1. The molecule has 0 aromatic heterocycles. The molecule has 0 aliphatic rings. The second kappa shape index (κ2) is 7.26. The second-order valence-electron chi connectivity index (χ2n) is 4.99. The van der Waals surface area contributed by atoms with Gasteiger partial charge in [0.1, 0.15) is 5.75 Å². The number of carboxylic acid groups (broad SMARTS) is 1. The highest BCUT2D eigenvalue weighted by atomic mass is 16.5. The summed E-state index contributed by atoms with van der Waals surface area (Å²) in [6.45, 7) is 3.95. The zero-order valence-electron chi connectivity index (χ0n) is 12.5. The molecule has 5 heteroatoms. The topological polar surface area (TPSA) is 70.9 Å². The van der Waals surface area contributed by atoms with E-state index in [0.717, 1.165) is 11.3 Å². The van der Waals surface area contributed by atoms with Crippen LogP contribution in [0, 0.1) is 0 Å². The fraction of sp³-hybridized carbons (Fsp3) is 0.176. The standard InChI is InChI=1S/C17H18N2O3/c1-12(2)22-16-8-6-13(7-9-16)11-18-19-15-5-3-4-14(10-15)17(20)21/h3-12,19H,1-2H3,(H,20,21). The lowest BCUT2D eigenvalue weighted by molar-refractivity contribution is 0.0697. The van der Waals surface area contributed by atoms with Crippen LogP contribution in [0.25, 0.3) is 0 Å². The quantitative estimate of drug-likeness (QED) is 0.631. The van der Waals surface area contributed by atoms with Crippen LogP contribution in [0.1, 0.15) is 29.8 Å². The normalized spacial score (nSPS) is 10.9. The van der Waals surface area contributed by atoms with E-state index in [4.69, 9.17) is 9.84 Å². The lowest BCUT2D eigenvalue weighted by Crippen LogP contribution is -2.05. The van der Waals surface area contributed by atoms with E-state index in [2.05, 4.69) is 10.5 Å². The van der Waals surface area contributed by atoms with Gasteiger partial charge < -0.3 is 9.84 Å². The van der Waals surface area contributed by atoms with Crippen molar-refractivity contribution in [3.63, 3.8) is 0 Å². The van der Waals surface area contributed by atoms with Crippen molar-refractivity contribution in [3.8, 4) is 5.75 Å². The highest BCUT2D eigenvalue weighted by molar-refractivity contribution is 5.88. The second-order valence-corrected chi connectivity index (χ2v) is 4.99. The van der Waals surface area contributed by atoms with Gasteiger partial charge in [-0.15, -0.1) is 0 Å². The fourth-order valence-corrected chi connectivity index (χ4v) is 1.81.